The van der Waals surface area contributed by atoms with Gasteiger partial charge < -0.3 is 9.64 Å². The number of carbonyl (C=O) groups is 1. The van der Waals surface area contributed by atoms with Gasteiger partial charge in [0.05, 0.1) is 15.7 Å². The first-order valence-electron chi connectivity index (χ1n) is 10.4. The van der Waals surface area contributed by atoms with Crippen LogP contribution in [-0.2, 0) is 6.42 Å². The second kappa shape index (κ2) is 10.9. The third kappa shape index (κ3) is 5.67. The molecule has 0 atom stereocenters. The summed E-state index contributed by atoms with van der Waals surface area (Å²) in [7, 11) is 0. The zero-order valence-corrected chi connectivity index (χ0v) is 20.6. The third-order valence-electron chi connectivity index (χ3n) is 5.15. The summed E-state index contributed by atoms with van der Waals surface area (Å²) in [4.78, 5) is 43.7. The van der Waals surface area contributed by atoms with Crippen LogP contribution in [0.5, 0.6) is 11.5 Å². The van der Waals surface area contributed by atoms with Gasteiger partial charge in [-0.15, -0.1) is 11.8 Å². The summed E-state index contributed by atoms with van der Waals surface area (Å²) >= 11 is 14.3. The Morgan fingerprint density at radius 3 is 2.69 bits per heavy atom. The van der Waals surface area contributed by atoms with Gasteiger partial charge in [0.25, 0.3) is 11.5 Å². The average Bonchev–Trinajstić information content (AvgIpc) is 2.82. The molecular weight excluding hydrogens is 513 g/mol. The first-order chi connectivity index (χ1) is 16.9. The highest BCUT2D eigenvalue weighted by molar-refractivity contribution is 8.02. The molecule has 180 valence electrons. The van der Waals surface area contributed by atoms with Gasteiger partial charge in [-0.05, 0) is 54.4 Å². The number of nitrogens with zero attached hydrogens (tertiary/aromatic N) is 4. The Bertz CT molecular complexity index is 1410. The van der Waals surface area contributed by atoms with Gasteiger partial charge in [0.1, 0.15) is 11.9 Å². The van der Waals surface area contributed by atoms with Gasteiger partial charge in [-0.3, -0.25) is 19.6 Å². The van der Waals surface area contributed by atoms with Crippen LogP contribution in [0.4, 0.5) is 0 Å². The largest absolute Gasteiger partial charge is 0.454 e. The van der Waals surface area contributed by atoms with Crippen LogP contribution in [0.15, 0.2) is 62.7 Å². The van der Waals surface area contributed by atoms with Crippen LogP contribution < -0.4 is 16.0 Å². The number of aromatic nitrogens is 3. The summed E-state index contributed by atoms with van der Waals surface area (Å²) in [5.74, 6) is 1.40. The Hall–Kier alpha value is -3.34. The number of nitrogens with one attached hydrogen (secondary N) is 1. The maximum atomic E-state index is 12.9. The van der Waals surface area contributed by atoms with Crippen LogP contribution >= 0.6 is 35.0 Å². The van der Waals surface area contributed by atoms with E-state index in [1.165, 1.54) is 12.1 Å². The molecule has 1 aromatic heterocycles. The standard InChI is InChI=1S/C23H19Cl2N5O4S/c1-26-5-8-35-9-7-29-6-4-14-10-16(2-3-17(14)22(29)32)34-21-18(24)11-15(12-19(21)25)30-23(33)28-20(31)13-27-30/h2-3,5,8,10-13H,1,4,6-7,9H2,(H,28,31,33)/b8-5-. The highest BCUT2D eigenvalue weighted by Gasteiger charge is 2.24. The van der Waals surface area contributed by atoms with E-state index in [9.17, 15) is 14.4 Å². The number of thioether (sulfide) groups is 1. The molecule has 3 aromatic rings. The lowest BCUT2D eigenvalue weighted by atomic mass is 9.99. The molecule has 0 saturated heterocycles. The molecule has 9 nitrogen and oxygen atoms in total. The molecule has 0 radical (unpaired) electrons. The molecule has 4 rings (SSSR count). The minimum Gasteiger partial charge on any atom is -0.454 e. The van der Waals surface area contributed by atoms with Crippen molar-refractivity contribution < 1.29 is 9.53 Å². The number of H-pyrrole nitrogens is 1. The first-order valence-corrected chi connectivity index (χ1v) is 12.2. The molecule has 0 unspecified atom stereocenters. The molecule has 1 aliphatic rings. The van der Waals surface area contributed by atoms with Gasteiger partial charge >= 0.3 is 5.69 Å². The lowest BCUT2D eigenvalue weighted by molar-refractivity contribution is 0.0750. The quantitative estimate of drug-likeness (QED) is 0.348. The van der Waals surface area contributed by atoms with Crippen molar-refractivity contribution in [3.8, 4) is 17.2 Å². The number of rotatable bonds is 8. The van der Waals surface area contributed by atoms with Gasteiger partial charge in [-0.1, -0.05) is 23.2 Å². The van der Waals surface area contributed by atoms with E-state index in [-0.39, 0.29) is 27.4 Å². The Kier molecular flexibility index (Phi) is 7.74. The van der Waals surface area contributed by atoms with Crippen LogP contribution in [0.25, 0.3) is 5.69 Å². The van der Waals surface area contributed by atoms with Crippen molar-refractivity contribution in [3.05, 3.63) is 90.1 Å². The lowest BCUT2D eigenvalue weighted by Crippen LogP contribution is -2.38. The number of benzene rings is 2. The molecule has 0 fully saturated rings. The number of carbonyl (C=O) groups excluding carboxylic acids is 1. The number of hydrogen-bond acceptors (Lipinski definition) is 7. The monoisotopic (exact) mass is 531 g/mol. The van der Waals surface area contributed by atoms with Crippen LogP contribution in [0, 0.1) is 0 Å². The number of halogens is 2. The number of fused-ring (bicyclic) bond motifs is 1. The van der Waals surface area contributed by atoms with Crippen molar-refractivity contribution in [1.82, 2.24) is 19.7 Å². The smallest absolute Gasteiger partial charge is 0.349 e. The van der Waals surface area contributed by atoms with E-state index in [0.717, 1.165) is 22.2 Å². The molecule has 0 bridgehead atoms. The normalized spacial score (nSPS) is 13.2. The number of hydrogen-bond donors (Lipinski definition) is 1. The summed E-state index contributed by atoms with van der Waals surface area (Å²) < 4.78 is 6.89. The molecule has 1 amide bonds. The molecule has 2 aromatic carbocycles. The molecular formula is C23H19Cl2N5O4S. The fourth-order valence-corrected chi connectivity index (χ4v) is 4.71. The van der Waals surface area contributed by atoms with Crippen LogP contribution in [-0.4, -0.2) is 51.1 Å². The van der Waals surface area contributed by atoms with Crippen LogP contribution in [0.3, 0.4) is 0 Å². The number of ether oxygens (including phenoxy) is 1. The molecule has 0 saturated carbocycles. The fourth-order valence-electron chi connectivity index (χ4n) is 3.53. The Labute approximate surface area is 214 Å². The summed E-state index contributed by atoms with van der Waals surface area (Å²) in [5.41, 5.74) is 0.428. The highest BCUT2D eigenvalue weighted by atomic mass is 35.5. The Morgan fingerprint density at radius 2 is 1.97 bits per heavy atom. The summed E-state index contributed by atoms with van der Waals surface area (Å²) in [6.45, 7) is 4.63. The minimum absolute atomic E-state index is 0.0245. The van der Waals surface area contributed by atoms with Gasteiger partial charge in [-0.2, -0.15) is 9.78 Å². The molecule has 35 heavy (non-hydrogen) atoms. The van der Waals surface area contributed by atoms with Crippen molar-refractivity contribution in [2.75, 3.05) is 18.8 Å². The first kappa shape index (κ1) is 24.8. The molecule has 1 N–H and O–H groups in total. The third-order valence-corrected chi connectivity index (χ3v) is 6.44. The van der Waals surface area contributed by atoms with Gasteiger partial charge in [0.15, 0.2) is 5.75 Å². The van der Waals surface area contributed by atoms with Gasteiger partial charge in [-0.25, -0.2) is 4.79 Å². The number of aromatic amines is 1. The zero-order valence-electron chi connectivity index (χ0n) is 18.2. The second-order valence-electron chi connectivity index (χ2n) is 7.39. The fraction of sp³-hybridized carbons (Fsp3) is 0.174. The van der Waals surface area contributed by atoms with E-state index in [2.05, 4.69) is 21.8 Å². The Morgan fingerprint density at radius 1 is 1.20 bits per heavy atom. The van der Waals surface area contributed by atoms with E-state index in [1.807, 2.05) is 10.3 Å². The van der Waals surface area contributed by atoms with Crippen molar-refractivity contribution in [3.63, 3.8) is 0 Å². The SMILES string of the molecule is C=N/C=C\SCCN1CCc2cc(Oc3c(Cl)cc(-n4ncc(=O)[nH]c4=O)cc3Cl)ccc2C1=O. The summed E-state index contributed by atoms with van der Waals surface area (Å²) in [6, 6.07) is 8.11. The Balaban J connectivity index is 1.50. The van der Waals surface area contributed by atoms with Crippen molar-refractivity contribution in [2.24, 2.45) is 4.99 Å². The average molecular weight is 532 g/mol. The summed E-state index contributed by atoms with van der Waals surface area (Å²) in [5, 5.41) is 5.92. The van der Waals surface area contributed by atoms with Gasteiger partial charge in [0.2, 0.25) is 0 Å². The second-order valence-corrected chi connectivity index (χ2v) is 9.22. The van der Waals surface area contributed by atoms with E-state index >= 15 is 0 Å². The minimum atomic E-state index is -0.726. The van der Waals surface area contributed by atoms with E-state index in [4.69, 9.17) is 27.9 Å². The topological polar surface area (TPSA) is 110 Å². The number of amides is 1. The number of aliphatic imine (C=N–C) groups is 1. The van der Waals surface area contributed by atoms with Crippen molar-refractivity contribution in [2.45, 2.75) is 6.42 Å². The van der Waals surface area contributed by atoms with E-state index < -0.39 is 11.2 Å². The van der Waals surface area contributed by atoms with Crippen molar-refractivity contribution >= 4 is 47.6 Å². The molecule has 1 aliphatic heterocycles. The molecule has 2 heterocycles. The highest BCUT2D eigenvalue weighted by Crippen LogP contribution is 2.38. The predicted octanol–water partition coefficient (Wildman–Crippen LogP) is 3.92. The zero-order chi connectivity index (χ0) is 24.9. The van der Waals surface area contributed by atoms with Gasteiger partial charge in [0, 0.05) is 30.6 Å². The van der Waals surface area contributed by atoms with Crippen LogP contribution in [0.1, 0.15) is 15.9 Å². The van der Waals surface area contributed by atoms with E-state index in [1.54, 1.807) is 36.2 Å². The van der Waals surface area contributed by atoms with Crippen molar-refractivity contribution in [1.29, 1.82) is 0 Å². The maximum absolute atomic E-state index is 12.9. The summed E-state index contributed by atoms with van der Waals surface area (Å²) in [6.07, 6.45) is 3.28. The predicted molar refractivity (Wildman–Crippen MR) is 138 cm³/mol. The van der Waals surface area contributed by atoms with E-state index in [0.29, 0.717) is 30.8 Å². The van der Waals surface area contributed by atoms with Crippen LogP contribution in [0.2, 0.25) is 10.0 Å². The maximum Gasteiger partial charge on any atom is 0.349 e. The molecule has 0 aliphatic carbocycles. The molecule has 12 heteroatoms. The lowest BCUT2D eigenvalue weighted by Gasteiger charge is -2.28. The molecule has 0 spiro atoms.